The van der Waals surface area contributed by atoms with Crippen LogP contribution in [0.4, 0.5) is 0 Å². The Morgan fingerprint density at radius 2 is 2.14 bits per heavy atom. The fraction of sp³-hybridized carbons (Fsp3) is 0.909. The molecule has 0 saturated carbocycles. The molecule has 0 aromatic heterocycles. The molecule has 1 saturated heterocycles. The van der Waals surface area contributed by atoms with Crippen molar-refractivity contribution >= 4 is 5.97 Å². The summed E-state index contributed by atoms with van der Waals surface area (Å²) in [6.07, 6.45) is 4.71. The molecule has 0 aromatic rings. The summed E-state index contributed by atoms with van der Waals surface area (Å²) in [5, 5.41) is 8.70. The van der Waals surface area contributed by atoms with E-state index in [0.717, 1.165) is 25.9 Å². The Morgan fingerprint density at radius 1 is 1.43 bits per heavy atom. The van der Waals surface area contributed by atoms with Crippen LogP contribution in [0.25, 0.3) is 0 Å². The van der Waals surface area contributed by atoms with E-state index in [0.29, 0.717) is 5.41 Å². The third kappa shape index (κ3) is 3.29. The van der Waals surface area contributed by atoms with Gasteiger partial charge in [-0.3, -0.25) is 9.69 Å². The second-order valence-electron chi connectivity index (χ2n) is 4.69. The second kappa shape index (κ2) is 4.78. The molecule has 1 fully saturated rings. The minimum Gasteiger partial charge on any atom is -0.480 e. The van der Waals surface area contributed by atoms with Gasteiger partial charge in [0.25, 0.3) is 0 Å². The molecule has 0 aromatic carbocycles. The van der Waals surface area contributed by atoms with Gasteiger partial charge in [0, 0.05) is 0 Å². The van der Waals surface area contributed by atoms with Gasteiger partial charge >= 0.3 is 5.97 Å². The van der Waals surface area contributed by atoms with E-state index < -0.39 is 5.97 Å². The number of aliphatic carboxylic acids is 1. The predicted octanol–water partition coefficient (Wildman–Crippen LogP) is 1.97. The van der Waals surface area contributed by atoms with Gasteiger partial charge in [-0.25, -0.2) is 0 Å². The average Bonchev–Trinajstić information content (AvgIpc) is 2.29. The van der Waals surface area contributed by atoms with Crippen LogP contribution in [0.1, 0.15) is 39.5 Å². The molecule has 1 aliphatic rings. The Morgan fingerprint density at radius 3 is 2.71 bits per heavy atom. The van der Waals surface area contributed by atoms with E-state index in [9.17, 15) is 4.79 Å². The van der Waals surface area contributed by atoms with Gasteiger partial charge in [-0.15, -0.1) is 0 Å². The summed E-state index contributed by atoms with van der Waals surface area (Å²) in [6.45, 7) is 6.64. The first-order valence-electron chi connectivity index (χ1n) is 5.50. The maximum atomic E-state index is 10.6. The van der Waals surface area contributed by atoms with E-state index in [1.807, 2.05) is 0 Å². The van der Waals surface area contributed by atoms with Gasteiger partial charge in [0.2, 0.25) is 0 Å². The van der Waals surface area contributed by atoms with Crippen LogP contribution < -0.4 is 0 Å². The molecule has 0 spiro atoms. The van der Waals surface area contributed by atoms with Crippen molar-refractivity contribution in [1.29, 1.82) is 0 Å². The van der Waals surface area contributed by atoms with Gasteiger partial charge in [0.1, 0.15) is 0 Å². The Balaban J connectivity index is 2.44. The minimum atomic E-state index is -0.704. The van der Waals surface area contributed by atoms with E-state index in [-0.39, 0.29) is 6.54 Å². The van der Waals surface area contributed by atoms with E-state index in [4.69, 9.17) is 5.11 Å². The van der Waals surface area contributed by atoms with Crippen molar-refractivity contribution in [2.24, 2.45) is 5.41 Å². The summed E-state index contributed by atoms with van der Waals surface area (Å²) in [5.41, 5.74) is 0.438. The van der Waals surface area contributed by atoms with Crippen LogP contribution in [0.2, 0.25) is 0 Å². The van der Waals surface area contributed by atoms with Gasteiger partial charge in [-0.05, 0) is 37.8 Å². The molecule has 3 heteroatoms. The summed E-state index contributed by atoms with van der Waals surface area (Å²) in [6, 6.07) is 0. The number of carbonyl (C=O) groups is 1. The van der Waals surface area contributed by atoms with Gasteiger partial charge in [0.15, 0.2) is 0 Å². The van der Waals surface area contributed by atoms with Gasteiger partial charge in [-0.2, -0.15) is 0 Å². The van der Waals surface area contributed by atoms with Gasteiger partial charge < -0.3 is 5.11 Å². The molecule has 1 N–H and O–H groups in total. The van der Waals surface area contributed by atoms with Gasteiger partial charge in [0.05, 0.1) is 6.54 Å². The Hall–Kier alpha value is -0.570. The number of carboxylic acid groups (broad SMARTS) is 1. The first-order chi connectivity index (χ1) is 6.56. The third-order valence-electron chi connectivity index (χ3n) is 3.50. The lowest BCUT2D eigenvalue weighted by Crippen LogP contribution is -2.31. The molecular formula is C11H21NO2. The summed E-state index contributed by atoms with van der Waals surface area (Å²) >= 11 is 0. The molecule has 1 rings (SSSR count). The first kappa shape index (κ1) is 11.5. The minimum absolute atomic E-state index is 0.208. The summed E-state index contributed by atoms with van der Waals surface area (Å²) < 4.78 is 0. The molecule has 0 amide bonds. The number of carboxylic acids is 1. The number of likely N-dealkylation sites (tertiary alicyclic amines) is 1. The maximum absolute atomic E-state index is 10.6. The van der Waals surface area contributed by atoms with Crippen molar-refractivity contribution < 1.29 is 9.90 Å². The Kier molecular flexibility index (Phi) is 3.93. The zero-order valence-corrected chi connectivity index (χ0v) is 9.25. The van der Waals surface area contributed by atoms with Crippen molar-refractivity contribution in [3.05, 3.63) is 0 Å². The number of hydrogen-bond donors (Lipinski definition) is 1. The molecule has 1 atom stereocenters. The van der Waals surface area contributed by atoms with Crippen molar-refractivity contribution in [3.63, 3.8) is 0 Å². The largest absolute Gasteiger partial charge is 0.480 e. The summed E-state index contributed by atoms with van der Waals surface area (Å²) in [7, 11) is 0. The molecule has 3 nitrogen and oxygen atoms in total. The smallest absolute Gasteiger partial charge is 0.317 e. The lowest BCUT2D eigenvalue weighted by atomic mass is 9.80. The highest BCUT2D eigenvalue weighted by Gasteiger charge is 2.26. The maximum Gasteiger partial charge on any atom is 0.317 e. The summed E-state index contributed by atoms with van der Waals surface area (Å²) in [4.78, 5) is 12.6. The normalized spacial score (nSPS) is 29.9. The number of rotatable bonds is 3. The van der Waals surface area contributed by atoms with E-state index in [2.05, 4.69) is 18.7 Å². The molecule has 1 unspecified atom stereocenters. The van der Waals surface area contributed by atoms with Crippen molar-refractivity contribution in [2.75, 3.05) is 19.6 Å². The highest BCUT2D eigenvalue weighted by atomic mass is 16.4. The quantitative estimate of drug-likeness (QED) is 0.755. The van der Waals surface area contributed by atoms with Crippen LogP contribution in [-0.4, -0.2) is 35.6 Å². The third-order valence-corrected chi connectivity index (χ3v) is 3.50. The lowest BCUT2D eigenvalue weighted by Gasteiger charge is -2.26. The molecule has 14 heavy (non-hydrogen) atoms. The summed E-state index contributed by atoms with van der Waals surface area (Å²) in [5.74, 6) is -0.704. The number of nitrogens with zero attached hydrogens (tertiary/aromatic N) is 1. The molecule has 0 bridgehead atoms. The Labute approximate surface area is 86.1 Å². The molecule has 1 heterocycles. The van der Waals surface area contributed by atoms with E-state index in [1.165, 1.54) is 12.8 Å². The lowest BCUT2D eigenvalue weighted by molar-refractivity contribution is -0.138. The SMILES string of the molecule is CCC1(C)CCCN(CC(=O)O)CC1. The van der Waals surface area contributed by atoms with E-state index in [1.54, 1.807) is 0 Å². The molecule has 1 aliphatic heterocycles. The fourth-order valence-electron chi connectivity index (χ4n) is 2.10. The molecule has 0 radical (unpaired) electrons. The first-order valence-corrected chi connectivity index (χ1v) is 5.50. The van der Waals surface area contributed by atoms with Crippen LogP contribution in [-0.2, 0) is 4.79 Å². The average molecular weight is 199 g/mol. The molecular weight excluding hydrogens is 178 g/mol. The van der Waals surface area contributed by atoms with Crippen LogP contribution in [0.3, 0.4) is 0 Å². The Bertz CT molecular complexity index is 205. The second-order valence-corrected chi connectivity index (χ2v) is 4.69. The fourth-order valence-corrected chi connectivity index (χ4v) is 2.10. The molecule has 82 valence electrons. The topological polar surface area (TPSA) is 40.5 Å². The highest BCUT2D eigenvalue weighted by molar-refractivity contribution is 5.69. The highest BCUT2D eigenvalue weighted by Crippen LogP contribution is 2.33. The van der Waals surface area contributed by atoms with Crippen molar-refractivity contribution in [3.8, 4) is 0 Å². The number of hydrogen-bond acceptors (Lipinski definition) is 2. The predicted molar refractivity (Wildman–Crippen MR) is 56.3 cm³/mol. The van der Waals surface area contributed by atoms with Crippen LogP contribution in [0.5, 0.6) is 0 Å². The van der Waals surface area contributed by atoms with Crippen molar-refractivity contribution in [2.45, 2.75) is 39.5 Å². The van der Waals surface area contributed by atoms with Crippen LogP contribution in [0.15, 0.2) is 0 Å². The standard InChI is InChI=1S/C11H21NO2/c1-3-11(2)5-4-7-12(8-6-11)9-10(13)14/h3-9H2,1-2H3,(H,13,14). The zero-order chi connectivity index (χ0) is 10.6. The van der Waals surface area contributed by atoms with Crippen LogP contribution in [0, 0.1) is 5.41 Å². The zero-order valence-electron chi connectivity index (χ0n) is 9.25. The van der Waals surface area contributed by atoms with Crippen molar-refractivity contribution in [1.82, 2.24) is 4.90 Å². The van der Waals surface area contributed by atoms with Gasteiger partial charge in [-0.1, -0.05) is 20.3 Å². The molecule has 0 aliphatic carbocycles. The van der Waals surface area contributed by atoms with Crippen LogP contribution >= 0.6 is 0 Å². The van der Waals surface area contributed by atoms with E-state index >= 15 is 0 Å². The monoisotopic (exact) mass is 199 g/mol.